The van der Waals surface area contributed by atoms with Crippen molar-refractivity contribution in [1.29, 1.82) is 0 Å². The van der Waals surface area contributed by atoms with Crippen molar-refractivity contribution in [2.75, 3.05) is 12.8 Å². The predicted molar refractivity (Wildman–Crippen MR) is 68.1 cm³/mol. The third-order valence-electron chi connectivity index (χ3n) is 3.02. The minimum Gasteiger partial charge on any atom is -0.448 e. The van der Waals surface area contributed by atoms with Gasteiger partial charge in [0.2, 0.25) is 5.89 Å². The zero-order valence-corrected chi connectivity index (χ0v) is 11.0. The molecule has 0 unspecified atom stereocenters. The first-order valence-corrected chi connectivity index (χ1v) is 7.07. The van der Waals surface area contributed by atoms with Crippen LogP contribution < -0.4 is 0 Å². The van der Waals surface area contributed by atoms with Gasteiger partial charge in [-0.2, -0.15) is 0 Å². The van der Waals surface area contributed by atoms with E-state index in [1.165, 1.54) is 11.3 Å². The summed E-state index contributed by atoms with van der Waals surface area (Å²) in [5, 5.41) is 0.856. The van der Waals surface area contributed by atoms with Gasteiger partial charge in [-0.05, 0) is 6.26 Å². The molecule has 0 radical (unpaired) electrons. The Kier molecular flexibility index (Phi) is 3.29. The quantitative estimate of drug-likeness (QED) is 0.620. The first-order valence-electron chi connectivity index (χ1n) is 5.84. The molecule has 18 heavy (non-hydrogen) atoms. The topological polar surface area (TPSA) is 55.1 Å². The number of thioether (sulfide) groups is 1. The first kappa shape index (κ1) is 11.7. The Bertz CT molecular complexity index is 529. The monoisotopic (exact) mass is 262 g/mol. The van der Waals surface area contributed by atoms with E-state index in [0.29, 0.717) is 0 Å². The number of aromatic nitrogens is 3. The summed E-state index contributed by atoms with van der Waals surface area (Å²) in [6.45, 7) is 2.60. The van der Waals surface area contributed by atoms with E-state index in [4.69, 9.17) is 4.42 Å². The van der Waals surface area contributed by atoms with Gasteiger partial charge < -0.3 is 4.42 Å². The Morgan fingerprint density at radius 1 is 1.44 bits per heavy atom. The zero-order valence-electron chi connectivity index (χ0n) is 10.2. The lowest BCUT2D eigenvalue weighted by Gasteiger charge is -2.26. The van der Waals surface area contributed by atoms with Crippen LogP contribution in [0.2, 0.25) is 0 Å². The fraction of sp³-hybridized carbons (Fsp3) is 0.417. The summed E-state index contributed by atoms with van der Waals surface area (Å²) in [4.78, 5) is 15.3. The van der Waals surface area contributed by atoms with E-state index in [1.807, 2.05) is 12.5 Å². The molecule has 2 aromatic rings. The number of hydrogen-bond acceptors (Lipinski definition) is 6. The summed E-state index contributed by atoms with van der Waals surface area (Å²) in [6.07, 6.45) is 8.20. The average molecular weight is 262 g/mol. The van der Waals surface area contributed by atoms with Gasteiger partial charge in [-0.1, -0.05) is 11.8 Å². The van der Waals surface area contributed by atoms with Crippen LogP contribution in [-0.4, -0.2) is 32.7 Å². The molecular weight excluding hydrogens is 248 g/mol. The van der Waals surface area contributed by atoms with Gasteiger partial charge in [0, 0.05) is 31.3 Å². The normalized spacial score (nSPS) is 15.6. The lowest BCUT2D eigenvalue weighted by Crippen LogP contribution is -2.31. The Balaban J connectivity index is 1.73. The minimum absolute atomic E-state index is 0.747. The molecule has 94 valence electrons. The highest BCUT2D eigenvalue weighted by Gasteiger charge is 2.19. The molecular formula is C12H14N4OS. The standard InChI is InChI=1S/C12H14N4OS/c1-18-12-14-6-9-7-16(4-2-10(9)15-12)8-11-13-3-5-17-11/h3,5-6H,2,4,7-8H2,1H3. The van der Waals surface area contributed by atoms with Crippen molar-refractivity contribution in [3.63, 3.8) is 0 Å². The van der Waals surface area contributed by atoms with Crippen LogP contribution in [0.25, 0.3) is 0 Å². The van der Waals surface area contributed by atoms with E-state index in [-0.39, 0.29) is 0 Å². The van der Waals surface area contributed by atoms with E-state index in [9.17, 15) is 0 Å². The Labute approximate surface area is 110 Å². The number of rotatable bonds is 3. The number of nitrogens with zero attached hydrogens (tertiary/aromatic N) is 4. The summed E-state index contributed by atoms with van der Waals surface area (Å²) in [6, 6.07) is 0. The molecule has 0 fully saturated rings. The maximum Gasteiger partial charge on any atom is 0.208 e. The highest BCUT2D eigenvalue weighted by atomic mass is 32.2. The summed E-state index contributed by atoms with van der Waals surface area (Å²) in [7, 11) is 0. The minimum atomic E-state index is 0.747. The third-order valence-corrected chi connectivity index (χ3v) is 3.58. The SMILES string of the molecule is CSc1ncc2c(n1)CCN(Cc1ncco1)C2. The van der Waals surface area contributed by atoms with E-state index < -0.39 is 0 Å². The number of hydrogen-bond donors (Lipinski definition) is 0. The molecule has 5 nitrogen and oxygen atoms in total. The van der Waals surface area contributed by atoms with E-state index in [1.54, 1.807) is 24.2 Å². The number of fused-ring (bicyclic) bond motifs is 1. The van der Waals surface area contributed by atoms with Gasteiger partial charge in [0.1, 0.15) is 6.26 Å². The molecule has 3 rings (SSSR count). The van der Waals surface area contributed by atoms with Crippen LogP contribution in [-0.2, 0) is 19.5 Å². The predicted octanol–water partition coefficient (Wildman–Crippen LogP) is 1.74. The van der Waals surface area contributed by atoms with Crippen molar-refractivity contribution in [3.8, 4) is 0 Å². The molecule has 6 heteroatoms. The average Bonchev–Trinajstić information content (AvgIpc) is 2.91. The second-order valence-electron chi connectivity index (χ2n) is 4.22. The summed E-state index contributed by atoms with van der Waals surface area (Å²) in [5.41, 5.74) is 2.39. The maximum absolute atomic E-state index is 5.27. The fourth-order valence-electron chi connectivity index (χ4n) is 2.11. The molecule has 0 N–H and O–H groups in total. The van der Waals surface area contributed by atoms with Gasteiger partial charge in [-0.15, -0.1) is 0 Å². The van der Waals surface area contributed by atoms with Crippen molar-refractivity contribution in [2.45, 2.75) is 24.7 Å². The Hall–Kier alpha value is -1.40. The van der Waals surface area contributed by atoms with Gasteiger partial charge in [-0.25, -0.2) is 15.0 Å². The van der Waals surface area contributed by atoms with Crippen LogP contribution >= 0.6 is 11.8 Å². The highest BCUT2D eigenvalue weighted by Crippen LogP contribution is 2.20. The summed E-state index contributed by atoms with van der Waals surface area (Å²) >= 11 is 1.59. The zero-order chi connectivity index (χ0) is 12.4. The maximum atomic E-state index is 5.27. The third kappa shape index (κ3) is 2.39. The Morgan fingerprint density at radius 3 is 3.17 bits per heavy atom. The fourth-order valence-corrected chi connectivity index (χ4v) is 2.47. The summed E-state index contributed by atoms with van der Waals surface area (Å²) in [5.74, 6) is 0.764. The molecule has 0 aliphatic carbocycles. The van der Waals surface area contributed by atoms with Crippen molar-refractivity contribution in [2.24, 2.45) is 0 Å². The lowest BCUT2D eigenvalue weighted by atomic mass is 10.1. The smallest absolute Gasteiger partial charge is 0.208 e. The Morgan fingerprint density at radius 2 is 2.39 bits per heavy atom. The molecule has 1 aliphatic rings. The van der Waals surface area contributed by atoms with Crippen LogP contribution in [0.4, 0.5) is 0 Å². The largest absolute Gasteiger partial charge is 0.448 e. The van der Waals surface area contributed by atoms with Crippen LogP contribution in [0.15, 0.2) is 28.2 Å². The molecule has 0 saturated heterocycles. The molecule has 0 amide bonds. The van der Waals surface area contributed by atoms with Crippen molar-refractivity contribution >= 4 is 11.8 Å². The molecule has 0 atom stereocenters. The van der Waals surface area contributed by atoms with Crippen LogP contribution in [0.3, 0.4) is 0 Å². The van der Waals surface area contributed by atoms with Crippen LogP contribution in [0.5, 0.6) is 0 Å². The summed E-state index contributed by atoms with van der Waals surface area (Å²) < 4.78 is 5.27. The van der Waals surface area contributed by atoms with Gasteiger partial charge in [0.15, 0.2) is 5.16 Å². The second kappa shape index (κ2) is 5.07. The lowest BCUT2D eigenvalue weighted by molar-refractivity contribution is 0.218. The van der Waals surface area contributed by atoms with E-state index in [0.717, 1.165) is 37.1 Å². The molecule has 3 heterocycles. The molecule has 0 spiro atoms. The second-order valence-corrected chi connectivity index (χ2v) is 4.99. The molecule has 2 aromatic heterocycles. The van der Waals surface area contributed by atoms with Crippen molar-refractivity contribution in [1.82, 2.24) is 19.9 Å². The van der Waals surface area contributed by atoms with Crippen LogP contribution in [0.1, 0.15) is 17.1 Å². The molecule has 0 bridgehead atoms. The molecule has 1 aliphatic heterocycles. The van der Waals surface area contributed by atoms with Crippen molar-refractivity contribution < 1.29 is 4.42 Å². The number of oxazole rings is 1. The van der Waals surface area contributed by atoms with Gasteiger partial charge >= 0.3 is 0 Å². The highest BCUT2D eigenvalue weighted by molar-refractivity contribution is 7.98. The van der Waals surface area contributed by atoms with E-state index >= 15 is 0 Å². The van der Waals surface area contributed by atoms with Gasteiger partial charge in [0.05, 0.1) is 18.4 Å². The first-order chi connectivity index (χ1) is 8.85. The van der Waals surface area contributed by atoms with Crippen LogP contribution in [0, 0.1) is 0 Å². The van der Waals surface area contributed by atoms with Gasteiger partial charge in [-0.3, -0.25) is 4.90 Å². The molecule has 0 aromatic carbocycles. The van der Waals surface area contributed by atoms with Gasteiger partial charge in [0.25, 0.3) is 0 Å². The van der Waals surface area contributed by atoms with Crippen molar-refractivity contribution in [3.05, 3.63) is 35.8 Å². The van der Waals surface area contributed by atoms with E-state index in [2.05, 4.69) is 19.9 Å². The molecule has 0 saturated carbocycles.